The van der Waals surface area contributed by atoms with E-state index in [1.54, 1.807) is 18.2 Å². The Balaban J connectivity index is 2.31. The molecule has 0 aliphatic heterocycles. The lowest BCUT2D eigenvalue weighted by Crippen LogP contribution is -2.12. The van der Waals surface area contributed by atoms with Crippen molar-refractivity contribution in [3.63, 3.8) is 0 Å². The van der Waals surface area contributed by atoms with Gasteiger partial charge in [0.05, 0.1) is 19.1 Å². The monoisotopic (exact) mass is 332 g/mol. The molecule has 1 aromatic carbocycles. The molecule has 0 amide bonds. The average molecular weight is 332 g/mol. The number of benzene rings is 1. The summed E-state index contributed by atoms with van der Waals surface area (Å²) in [5.74, 6) is -0.136. The number of fused-ring (bicyclic) bond motifs is 1. The molecule has 0 N–H and O–H groups in total. The van der Waals surface area contributed by atoms with Crippen molar-refractivity contribution in [2.24, 2.45) is 0 Å². The van der Waals surface area contributed by atoms with Gasteiger partial charge >= 0.3 is 11.6 Å². The van der Waals surface area contributed by atoms with E-state index in [0.717, 1.165) is 12.8 Å². The summed E-state index contributed by atoms with van der Waals surface area (Å²) in [5, 5.41) is 0.520. The number of hydrogen-bond acceptors (Lipinski definition) is 6. The number of rotatable bonds is 7. The molecule has 128 valence electrons. The first kappa shape index (κ1) is 17.6. The predicted octanol–water partition coefficient (Wildman–Crippen LogP) is 3.46. The predicted molar refractivity (Wildman–Crippen MR) is 89.9 cm³/mol. The van der Waals surface area contributed by atoms with Gasteiger partial charge in [-0.25, -0.2) is 4.79 Å². The summed E-state index contributed by atoms with van der Waals surface area (Å²) >= 11 is 0. The number of methoxy groups -OCH3 is 1. The number of ether oxygens (including phenoxy) is 3. The standard InChI is InChI=1S/C18H20O6/c1-4-5-6-7-10-22-13-8-9-14-15(11-13)24-18(20)17(16(14)21-3)23-12(2)19/h5-6,8-9,11H,4,7,10H2,1-3H3. The molecule has 0 unspecified atom stereocenters. The number of hydrogen-bond donors (Lipinski definition) is 0. The van der Waals surface area contributed by atoms with E-state index in [0.29, 0.717) is 23.3 Å². The van der Waals surface area contributed by atoms with Crippen LogP contribution in [-0.4, -0.2) is 19.7 Å². The van der Waals surface area contributed by atoms with Crippen molar-refractivity contribution in [1.29, 1.82) is 0 Å². The smallest absolute Gasteiger partial charge is 0.383 e. The van der Waals surface area contributed by atoms with E-state index in [1.807, 2.05) is 0 Å². The molecular weight excluding hydrogens is 312 g/mol. The van der Waals surface area contributed by atoms with E-state index in [1.165, 1.54) is 14.0 Å². The van der Waals surface area contributed by atoms with Crippen molar-refractivity contribution in [3.05, 3.63) is 40.8 Å². The maximum absolute atomic E-state index is 12.0. The number of allylic oxidation sites excluding steroid dienone is 1. The minimum Gasteiger partial charge on any atom is -0.493 e. The van der Waals surface area contributed by atoms with Gasteiger partial charge in [0.1, 0.15) is 11.3 Å². The summed E-state index contributed by atoms with van der Waals surface area (Å²) < 4.78 is 21.0. The highest BCUT2D eigenvalue weighted by atomic mass is 16.6. The second-order valence-electron chi connectivity index (χ2n) is 5.02. The van der Waals surface area contributed by atoms with Crippen molar-refractivity contribution in [2.75, 3.05) is 13.7 Å². The highest BCUT2D eigenvalue weighted by Gasteiger charge is 2.19. The average Bonchev–Trinajstić information content (AvgIpc) is 2.55. The van der Waals surface area contributed by atoms with Gasteiger partial charge in [-0.2, -0.15) is 0 Å². The summed E-state index contributed by atoms with van der Waals surface area (Å²) in [6, 6.07) is 5.05. The summed E-state index contributed by atoms with van der Waals surface area (Å²) in [6.45, 7) is 3.79. The van der Waals surface area contributed by atoms with E-state index in [4.69, 9.17) is 18.6 Å². The molecular formula is C18H20O6. The van der Waals surface area contributed by atoms with E-state index in [-0.39, 0.29) is 11.5 Å². The fourth-order valence-corrected chi connectivity index (χ4v) is 2.19. The Morgan fingerprint density at radius 2 is 2.04 bits per heavy atom. The highest BCUT2D eigenvalue weighted by molar-refractivity contribution is 5.87. The lowest BCUT2D eigenvalue weighted by atomic mass is 10.2. The summed E-state index contributed by atoms with van der Waals surface area (Å²) in [5.41, 5.74) is -0.480. The van der Waals surface area contributed by atoms with Crippen LogP contribution >= 0.6 is 0 Å². The van der Waals surface area contributed by atoms with Crippen molar-refractivity contribution >= 4 is 16.9 Å². The lowest BCUT2D eigenvalue weighted by Gasteiger charge is -2.10. The Morgan fingerprint density at radius 3 is 2.71 bits per heavy atom. The molecule has 0 aliphatic rings. The number of carbonyl (C=O) groups excluding carboxylic acids is 1. The maximum atomic E-state index is 12.0. The van der Waals surface area contributed by atoms with Crippen molar-refractivity contribution in [1.82, 2.24) is 0 Å². The van der Waals surface area contributed by atoms with Gasteiger partial charge in [-0.3, -0.25) is 4.79 Å². The van der Waals surface area contributed by atoms with Gasteiger partial charge in [-0.15, -0.1) is 0 Å². The molecule has 0 atom stereocenters. The van der Waals surface area contributed by atoms with Gasteiger partial charge in [-0.05, 0) is 25.0 Å². The van der Waals surface area contributed by atoms with Crippen molar-refractivity contribution in [3.8, 4) is 17.2 Å². The van der Waals surface area contributed by atoms with E-state index < -0.39 is 11.6 Å². The van der Waals surface area contributed by atoms with E-state index in [9.17, 15) is 9.59 Å². The molecule has 24 heavy (non-hydrogen) atoms. The molecule has 6 nitrogen and oxygen atoms in total. The van der Waals surface area contributed by atoms with Crippen LogP contribution in [-0.2, 0) is 4.79 Å². The van der Waals surface area contributed by atoms with Gasteiger partial charge < -0.3 is 18.6 Å². The largest absolute Gasteiger partial charge is 0.493 e. The third kappa shape index (κ3) is 4.16. The molecule has 0 saturated heterocycles. The Labute approximate surface area is 139 Å². The zero-order valence-corrected chi connectivity index (χ0v) is 14.0. The van der Waals surface area contributed by atoms with Crippen LogP contribution in [0.3, 0.4) is 0 Å². The van der Waals surface area contributed by atoms with E-state index in [2.05, 4.69) is 19.1 Å². The Bertz CT molecular complexity index is 803. The van der Waals surface area contributed by atoms with Crippen LogP contribution in [0.2, 0.25) is 0 Å². The molecule has 2 aromatic rings. The van der Waals surface area contributed by atoms with Crippen molar-refractivity contribution < 1.29 is 23.4 Å². The summed E-state index contributed by atoms with van der Waals surface area (Å²) in [4.78, 5) is 23.2. The first-order valence-corrected chi connectivity index (χ1v) is 7.67. The van der Waals surface area contributed by atoms with Crippen LogP contribution in [0.5, 0.6) is 17.2 Å². The Kier molecular flexibility index (Phi) is 6.01. The van der Waals surface area contributed by atoms with Crippen molar-refractivity contribution in [2.45, 2.75) is 26.7 Å². The second kappa shape index (κ2) is 8.19. The quantitative estimate of drug-likeness (QED) is 0.334. The zero-order chi connectivity index (χ0) is 17.5. The normalized spacial score (nSPS) is 11.0. The molecule has 0 fully saturated rings. The fourth-order valence-electron chi connectivity index (χ4n) is 2.19. The van der Waals surface area contributed by atoms with Crippen LogP contribution in [0.1, 0.15) is 26.7 Å². The molecule has 0 aliphatic carbocycles. The molecule has 2 rings (SSSR count). The molecule has 1 aromatic heterocycles. The summed E-state index contributed by atoms with van der Waals surface area (Å²) in [6.07, 6.45) is 5.91. The maximum Gasteiger partial charge on any atom is 0.383 e. The topological polar surface area (TPSA) is 75.0 Å². The lowest BCUT2D eigenvalue weighted by molar-refractivity contribution is -0.132. The SMILES string of the molecule is CCC=CCCOc1ccc2c(OC)c(OC(C)=O)c(=O)oc2c1. The van der Waals surface area contributed by atoms with Gasteiger partial charge in [0, 0.05) is 13.0 Å². The van der Waals surface area contributed by atoms with Crippen LogP contribution in [0.15, 0.2) is 39.6 Å². The molecule has 0 bridgehead atoms. The highest BCUT2D eigenvalue weighted by Crippen LogP contribution is 2.34. The van der Waals surface area contributed by atoms with Crippen LogP contribution in [0.4, 0.5) is 0 Å². The molecule has 0 saturated carbocycles. The third-order valence-corrected chi connectivity index (χ3v) is 3.20. The van der Waals surface area contributed by atoms with Gasteiger partial charge in [0.25, 0.3) is 5.75 Å². The van der Waals surface area contributed by atoms with Crippen LogP contribution in [0.25, 0.3) is 11.0 Å². The van der Waals surface area contributed by atoms with Gasteiger partial charge in [-0.1, -0.05) is 19.1 Å². The minimum atomic E-state index is -0.780. The minimum absolute atomic E-state index is 0.161. The first-order valence-electron chi connectivity index (χ1n) is 7.67. The zero-order valence-electron chi connectivity index (χ0n) is 14.0. The van der Waals surface area contributed by atoms with Crippen LogP contribution in [0, 0.1) is 0 Å². The third-order valence-electron chi connectivity index (χ3n) is 3.20. The van der Waals surface area contributed by atoms with Crippen LogP contribution < -0.4 is 19.8 Å². The Hall–Kier alpha value is -2.76. The number of carbonyl (C=O) groups is 1. The Morgan fingerprint density at radius 1 is 1.25 bits per heavy atom. The second-order valence-corrected chi connectivity index (χ2v) is 5.02. The van der Waals surface area contributed by atoms with Gasteiger partial charge in [0.15, 0.2) is 5.75 Å². The molecule has 0 spiro atoms. The number of esters is 1. The molecule has 1 heterocycles. The first-order chi connectivity index (χ1) is 11.6. The van der Waals surface area contributed by atoms with E-state index >= 15 is 0 Å². The summed E-state index contributed by atoms with van der Waals surface area (Å²) in [7, 11) is 1.39. The van der Waals surface area contributed by atoms with Gasteiger partial charge in [0.2, 0.25) is 0 Å². The molecule has 6 heteroatoms. The fraction of sp³-hybridized carbons (Fsp3) is 0.333. The molecule has 0 radical (unpaired) electrons.